The Balaban J connectivity index is 1.53. The Labute approximate surface area is 207 Å². The van der Waals surface area contributed by atoms with Gasteiger partial charge in [0, 0.05) is 36.3 Å². The predicted molar refractivity (Wildman–Crippen MR) is 139 cm³/mol. The van der Waals surface area contributed by atoms with Crippen molar-refractivity contribution in [3.63, 3.8) is 0 Å². The quantitative estimate of drug-likeness (QED) is 0.264. The van der Waals surface area contributed by atoms with Gasteiger partial charge in [-0.3, -0.25) is 0 Å². The SMILES string of the molecule is CC1CC(N(c2ccccc2)C(C)Cc2ccco2)c2ccccc2N1C(C=O)Cc1ccco1. The van der Waals surface area contributed by atoms with Gasteiger partial charge in [-0.05, 0) is 68.3 Å². The number of nitrogens with zero attached hydrogens (tertiary/aromatic N) is 2. The monoisotopic (exact) mass is 468 g/mol. The van der Waals surface area contributed by atoms with Crippen LogP contribution in [0.2, 0.25) is 0 Å². The van der Waals surface area contributed by atoms with Crippen LogP contribution in [0.5, 0.6) is 0 Å². The number of furan rings is 2. The van der Waals surface area contributed by atoms with Crippen molar-refractivity contribution in [2.24, 2.45) is 0 Å². The van der Waals surface area contributed by atoms with Gasteiger partial charge in [-0.15, -0.1) is 0 Å². The topological polar surface area (TPSA) is 49.8 Å². The van der Waals surface area contributed by atoms with Crippen molar-refractivity contribution in [3.05, 3.63) is 108 Å². The van der Waals surface area contributed by atoms with Crippen LogP contribution in [0.3, 0.4) is 0 Å². The summed E-state index contributed by atoms with van der Waals surface area (Å²) in [5, 5.41) is 0. The lowest BCUT2D eigenvalue weighted by atomic mass is 9.87. The molecule has 0 amide bonds. The van der Waals surface area contributed by atoms with Gasteiger partial charge in [0.2, 0.25) is 0 Å². The fourth-order valence-corrected chi connectivity index (χ4v) is 5.58. The molecule has 2 aromatic heterocycles. The molecule has 3 heterocycles. The third-order valence-electron chi connectivity index (χ3n) is 7.06. The van der Waals surface area contributed by atoms with Crippen LogP contribution < -0.4 is 9.80 Å². The molecule has 0 aliphatic carbocycles. The van der Waals surface area contributed by atoms with E-state index in [0.717, 1.165) is 36.3 Å². The highest BCUT2D eigenvalue weighted by Crippen LogP contribution is 2.44. The van der Waals surface area contributed by atoms with Crippen LogP contribution in [0, 0.1) is 0 Å². The van der Waals surface area contributed by atoms with E-state index >= 15 is 0 Å². The van der Waals surface area contributed by atoms with E-state index in [0.29, 0.717) is 6.42 Å². The van der Waals surface area contributed by atoms with Gasteiger partial charge in [0.05, 0.1) is 24.6 Å². The highest BCUT2D eigenvalue weighted by molar-refractivity contribution is 5.71. The largest absolute Gasteiger partial charge is 0.469 e. The van der Waals surface area contributed by atoms with Crippen LogP contribution in [0.4, 0.5) is 11.4 Å². The first-order valence-electron chi connectivity index (χ1n) is 12.4. The summed E-state index contributed by atoms with van der Waals surface area (Å²) < 4.78 is 11.3. The van der Waals surface area contributed by atoms with E-state index in [1.807, 2.05) is 24.3 Å². The van der Waals surface area contributed by atoms with Crippen LogP contribution in [0.15, 0.2) is 100 Å². The minimum absolute atomic E-state index is 0.167. The molecule has 0 bridgehead atoms. The molecular weight excluding hydrogens is 436 g/mol. The Kier molecular flexibility index (Phi) is 6.75. The first-order valence-corrected chi connectivity index (χ1v) is 12.4. The van der Waals surface area contributed by atoms with Gasteiger partial charge in [-0.25, -0.2) is 0 Å². The Bertz CT molecular complexity index is 1200. The molecule has 4 atom stereocenters. The smallest absolute Gasteiger partial charge is 0.142 e. The van der Waals surface area contributed by atoms with Crippen LogP contribution in [0.1, 0.15) is 43.4 Å². The lowest BCUT2D eigenvalue weighted by Gasteiger charge is -2.48. The summed E-state index contributed by atoms with van der Waals surface area (Å²) in [6, 6.07) is 27.2. The molecule has 0 saturated carbocycles. The van der Waals surface area contributed by atoms with E-state index in [1.54, 1.807) is 12.5 Å². The van der Waals surface area contributed by atoms with Crippen LogP contribution in [-0.2, 0) is 17.6 Å². The van der Waals surface area contributed by atoms with Crippen molar-refractivity contribution < 1.29 is 13.6 Å². The van der Waals surface area contributed by atoms with E-state index in [-0.39, 0.29) is 24.2 Å². The number of carbonyl (C=O) groups excluding carboxylic acids is 1. The Hall–Kier alpha value is -3.73. The molecule has 0 saturated heterocycles. The summed E-state index contributed by atoms with van der Waals surface area (Å²) in [5.74, 6) is 1.81. The van der Waals surface area contributed by atoms with Crippen molar-refractivity contribution in [3.8, 4) is 0 Å². The van der Waals surface area contributed by atoms with E-state index in [1.165, 1.54) is 11.3 Å². The van der Waals surface area contributed by atoms with E-state index in [9.17, 15) is 4.79 Å². The van der Waals surface area contributed by atoms with Gasteiger partial charge in [0.1, 0.15) is 17.8 Å². The molecule has 4 unspecified atom stereocenters. The predicted octanol–water partition coefficient (Wildman–Crippen LogP) is 6.46. The maximum absolute atomic E-state index is 12.3. The summed E-state index contributed by atoms with van der Waals surface area (Å²) in [6.07, 6.45) is 6.73. The molecule has 0 fully saturated rings. The highest BCUT2D eigenvalue weighted by Gasteiger charge is 2.38. The molecule has 4 aromatic rings. The number of para-hydroxylation sites is 2. The molecule has 5 rings (SSSR count). The highest BCUT2D eigenvalue weighted by atomic mass is 16.3. The summed E-state index contributed by atoms with van der Waals surface area (Å²) in [5.41, 5.74) is 3.55. The normalized spacial score (nSPS) is 19.1. The van der Waals surface area contributed by atoms with Gasteiger partial charge in [-0.2, -0.15) is 0 Å². The third kappa shape index (κ3) is 4.76. The fraction of sp³-hybridized carbons (Fsp3) is 0.300. The fourth-order valence-electron chi connectivity index (χ4n) is 5.58. The van der Waals surface area contributed by atoms with Gasteiger partial charge in [0.25, 0.3) is 0 Å². The van der Waals surface area contributed by atoms with Crippen LogP contribution in [0.25, 0.3) is 0 Å². The number of hydrogen-bond acceptors (Lipinski definition) is 5. The summed E-state index contributed by atoms with van der Waals surface area (Å²) in [6.45, 7) is 4.49. The average molecular weight is 469 g/mol. The molecule has 0 radical (unpaired) electrons. The molecule has 0 N–H and O–H groups in total. The van der Waals surface area contributed by atoms with Crippen molar-refractivity contribution in [2.75, 3.05) is 9.80 Å². The molecule has 0 spiro atoms. The second kappa shape index (κ2) is 10.3. The van der Waals surface area contributed by atoms with Gasteiger partial charge in [0.15, 0.2) is 0 Å². The van der Waals surface area contributed by atoms with Crippen molar-refractivity contribution >= 4 is 17.7 Å². The summed E-state index contributed by atoms with van der Waals surface area (Å²) in [4.78, 5) is 17.1. The Morgan fingerprint density at radius 1 is 0.914 bits per heavy atom. The second-order valence-electron chi connectivity index (χ2n) is 9.43. The minimum atomic E-state index is -0.288. The second-order valence-corrected chi connectivity index (χ2v) is 9.43. The zero-order chi connectivity index (χ0) is 24.2. The lowest BCUT2D eigenvalue weighted by molar-refractivity contribution is -0.109. The lowest BCUT2D eigenvalue weighted by Crippen LogP contribution is -2.51. The van der Waals surface area contributed by atoms with Crippen LogP contribution in [-0.4, -0.2) is 24.4 Å². The van der Waals surface area contributed by atoms with Crippen molar-refractivity contribution in [1.82, 2.24) is 0 Å². The molecule has 5 nitrogen and oxygen atoms in total. The van der Waals surface area contributed by atoms with E-state index < -0.39 is 0 Å². The molecular formula is C30H32N2O3. The first kappa shape index (κ1) is 23.0. The number of aldehydes is 1. The molecule has 35 heavy (non-hydrogen) atoms. The van der Waals surface area contributed by atoms with Gasteiger partial charge < -0.3 is 23.4 Å². The molecule has 5 heteroatoms. The Morgan fingerprint density at radius 2 is 1.57 bits per heavy atom. The molecule has 1 aliphatic rings. The van der Waals surface area contributed by atoms with Crippen molar-refractivity contribution in [1.29, 1.82) is 0 Å². The van der Waals surface area contributed by atoms with Gasteiger partial charge in [-0.1, -0.05) is 36.4 Å². The summed E-state index contributed by atoms with van der Waals surface area (Å²) in [7, 11) is 0. The van der Waals surface area contributed by atoms with Gasteiger partial charge >= 0.3 is 0 Å². The number of fused-ring (bicyclic) bond motifs is 1. The zero-order valence-electron chi connectivity index (χ0n) is 20.3. The minimum Gasteiger partial charge on any atom is -0.469 e. The number of carbonyl (C=O) groups is 1. The van der Waals surface area contributed by atoms with E-state index in [4.69, 9.17) is 8.83 Å². The standard InChI is InChI=1S/C30H32N2O3/c1-22(18-26-12-8-16-34-26)31(24-10-4-3-5-11-24)30-19-23(2)32(29-15-7-6-14-28(29)30)25(21-33)20-27-13-9-17-35-27/h3-17,21-23,25,30H,18-20H2,1-2H3. The first-order chi connectivity index (χ1) is 17.2. The van der Waals surface area contributed by atoms with Crippen molar-refractivity contribution in [2.45, 2.75) is 57.3 Å². The average Bonchev–Trinajstić information content (AvgIpc) is 3.58. The van der Waals surface area contributed by atoms with Crippen LogP contribution >= 0.6 is 0 Å². The number of hydrogen-bond donors (Lipinski definition) is 0. The molecule has 180 valence electrons. The third-order valence-corrected chi connectivity index (χ3v) is 7.06. The Morgan fingerprint density at radius 3 is 2.23 bits per heavy atom. The summed E-state index contributed by atoms with van der Waals surface area (Å²) >= 11 is 0. The maximum Gasteiger partial charge on any atom is 0.142 e. The zero-order valence-corrected chi connectivity index (χ0v) is 20.3. The number of benzene rings is 2. The maximum atomic E-state index is 12.3. The number of anilines is 2. The molecule has 2 aromatic carbocycles. The number of rotatable bonds is 9. The molecule has 1 aliphatic heterocycles. The van der Waals surface area contributed by atoms with E-state index in [2.05, 4.69) is 78.2 Å².